The Bertz CT molecular complexity index is 2390. The van der Waals surface area contributed by atoms with Gasteiger partial charge in [-0.2, -0.15) is 0 Å². The van der Waals surface area contributed by atoms with Crippen LogP contribution in [0.1, 0.15) is 124 Å². The number of benzene rings is 4. The fourth-order valence-corrected chi connectivity index (χ4v) is 9.24. The third-order valence-electron chi connectivity index (χ3n) is 12.8. The van der Waals surface area contributed by atoms with Crippen LogP contribution in [-0.2, 0) is 32.3 Å². The van der Waals surface area contributed by atoms with Crippen molar-refractivity contribution in [1.29, 1.82) is 0 Å². The van der Waals surface area contributed by atoms with Gasteiger partial charge in [-0.3, -0.25) is 28.8 Å². The van der Waals surface area contributed by atoms with Crippen molar-refractivity contribution >= 4 is 58.7 Å². The average molecular weight is 1050 g/mol. The van der Waals surface area contributed by atoms with Gasteiger partial charge in [0.25, 0.3) is 11.8 Å². The maximum absolute atomic E-state index is 12.9. The van der Waals surface area contributed by atoms with Crippen molar-refractivity contribution in [3.05, 3.63) is 129 Å². The lowest BCUT2D eigenvalue weighted by atomic mass is 9.78. The molecule has 0 aromatic heterocycles. The summed E-state index contributed by atoms with van der Waals surface area (Å²) >= 11 is 12.5. The number of carboxylic acids is 1. The Balaban J connectivity index is 0.000000278. The predicted octanol–water partition coefficient (Wildman–Crippen LogP) is 8.88. The molecule has 0 aliphatic heterocycles. The summed E-state index contributed by atoms with van der Waals surface area (Å²) in [7, 11) is 3.09. The summed E-state index contributed by atoms with van der Waals surface area (Å²) in [5, 5.41) is 23.7. The lowest BCUT2D eigenvalue weighted by Crippen LogP contribution is -2.47. The number of likely N-dealkylation sites (N-methyl/N-ethyl adjacent to an activating group) is 2. The summed E-state index contributed by atoms with van der Waals surface area (Å²) in [5.41, 5.74) is 8.32. The summed E-state index contributed by atoms with van der Waals surface area (Å²) in [6.45, 7) is 8.73. The molecule has 2 fully saturated rings. The molecule has 0 saturated heterocycles. The van der Waals surface area contributed by atoms with E-state index in [4.69, 9.17) is 43.5 Å². The minimum Gasteiger partial charge on any atom is -0.489 e. The number of carbonyl (C=O) groups is 6. The fraction of sp³-hybridized carbons (Fsp3) is 0.464. The van der Waals surface area contributed by atoms with E-state index in [0.717, 1.165) is 44.1 Å². The third-order valence-corrected chi connectivity index (χ3v) is 13.4. The number of carbonyl (C=O) groups excluding carboxylic acids is 5. The summed E-state index contributed by atoms with van der Waals surface area (Å²) in [6, 6.07) is 28.1. The molecule has 17 heteroatoms. The zero-order valence-corrected chi connectivity index (χ0v) is 44.4. The minimum absolute atomic E-state index is 0.0216. The first-order valence-electron chi connectivity index (χ1n) is 25.2. The highest BCUT2D eigenvalue weighted by Gasteiger charge is 2.32. The maximum atomic E-state index is 12.9. The van der Waals surface area contributed by atoms with Crippen LogP contribution < -0.4 is 41.8 Å². The van der Waals surface area contributed by atoms with E-state index in [-0.39, 0.29) is 59.5 Å². The van der Waals surface area contributed by atoms with Gasteiger partial charge in [-0.25, -0.2) is 0 Å². The molecule has 4 aromatic rings. The van der Waals surface area contributed by atoms with Crippen LogP contribution in [0.25, 0.3) is 0 Å². The quantitative estimate of drug-likeness (QED) is 0.0472. The molecule has 15 nitrogen and oxygen atoms in total. The minimum atomic E-state index is -0.763. The lowest BCUT2D eigenvalue weighted by molar-refractivity contribution is -0.143. The Morgan fingerprint density at radius 1 is 0.589 bits per heavy atom. The second-order valence-electron chi connectivity index (χ2n) is 19.0. The SMILES string of the molecule is CNC(=O)C(CC1CCC(C(=O)NCc2ccccc2)CC1)NC(=O)c1ccc(OC(C)C)c(Cl)c1.CNC(=O)C(CC1CCC(C(=O)O)CC1)NC(=O)c1ccc(OC(C)C)c(Cl)c1.NCc1ccccc1. The monoisotopic (exact) mass is 1040 g/mol. The number of halogens is 2. The van der Waals surface area contributed by atoms with Gasteiger partial charge < -0.3 is 46.9 Å². The molecule has 6 rings (SSSR count). The predicted molar refractivity (Wildman–Crippen MR) is 285 cm³/mol. The standard InChI is InChI=1S/C28H36ClN3O4.C21H29ClN2O5.C7H9N/c1-18(2)36-25-14-13-22(16-23(25)29)27(34)32-24(28(35)30-3)15-19-9-11-21(12-10-19)26(33)31-17-20-7-5-4-6-8-20;1-12(2)29-18-9-8-15(11-16(18)22)19(25)24-17(20(26)23-3)10-13-4-6-14(7-5-13)21(27)28;8-6-7-4-2-1-3-5-7/h4-8,13-14,16,18-19,21,24H,9-12,15,17H2,1-3H3,(H,30,35)(H,31,33)(H,32,34);8-9,11-14,17H,4-7,10H2,1-3H3,(H,23,26)(H,24,25)(H,27,28);1-5H,6,8H2. The molecular formula is C56H74Cl2N6O9. The zero-order chi connectivity index (χ0) is 53.5. The fourth-order valence-electron chi connectivity index (χ4n) is 8.79. The van der Waals surface area contributed by atoms with Crippen LogP contribution in [0.5, 0.6) is 11.5 Å². The Morgan fingerprint density at radius 2 is 0.986 bits per heavy atom. The van der Waals surface area contributed by atoms with Gasteiger partial charge >= 0.3 is 5.97 Å². The first-order valence-corrected chi connectivity index (χ1v) is 25.9. The number of carboxylic acid groups (broad SMARTS) is 1. The molecule has 5 amide bonds. The molecule has 73 heavy (non-hydrogen) atoms. The largest absolute Gasteiger partial charge is 0.489 e. The van der Waals surface area contributed by atoms with Gasteiger partial charge in [0.2, 0.25) is 17.7 Å². The van der Waals surface area contributed by atoms with Gasteiger partial charge in [0.05, 0.1) is 28.2 Å². The second-order valence-corrected chi connectivity index (χ2v) is 19.9. The number of nitrogens with one attached hydrogen (secondary N) is 5. The Kier molecular flexibility index (Phi) is 25.0. The molecule has 0 bridgehead atoms. The van der Waals surface area contributed by atoms with Crippen LogP contribution in [0.15, 0.2) is 97.1 Å². The number of ether oxygens (including phenoxy) is 2. The first kappa shape index (κ1) is 59.4. The molecule has 2 aliphatic carbocycles. The van der Waals surface area contributed by atoms with Crippen molar-refractivity contribution in [2.45, 2.75) is 129 Å². The molecule has 0 radical (unpaired) electrons. The van der Waals surface area contributed by atoms with E-state index in [9.17, 15) is 28.8 Å². The highest BCUT2D eigenvalue weighted by molar-refractivity contribution is 6.32. The van der Waals surface area contributed by atoms with Crippen molar-refractivity contribution in [2.24, 2.45) is 29.4 Å². The number of aliphatic carboxylic acids is 1. The molecule has 8 N–H and O–H groups in total. The first-order chi connectivity index (χ1) is 34.9. The second kappa shape index (κ2) is 30.8. The summed E-state index contributed by atoms with van der Waals surface area (Å²) in [4.78, 5) is 74.1. The Morgan fingerprint density at radius 3 is 1.33 bits per heavy atom. The number of hydrogen-bond donors (Lipinski definition) is 7. The van der Waals surface area contributed by atoms with Gasteiger partial charge in [0.1, 0.15) is 23.6 Å². The molecule has 2 unspecified atom stereocenters. The van der Waals surface area contributed by atoms with Gasteiger partial charge in [-0.1, -0.05) is 83.9 Å². The van der Waals surface area contributed by atoms with Crippen LogP contribution in [0.2, 0.25) is 10.0 Å². The molecule has 0 heterocycles. The van der Waals surface area contributed by atoms with E-state index in [2.05, 4.69) is 26.6 Å². The normalized spacial score (nSPS) is 18.0. The zero-order valence-electron chi connectivity index (χ0n) is 42.9. The molecule has 2 atom stereocenters. The van der Waals surface area contributed by atoms with E-state index in [0.29, 0.717) is 71.4 Å². The maximum Gasteiger partial charge on any atom is 0.306 e. The molecule has 0 spiro atoms. The molecule has 4 aromatic carbocycles. The van der Waals surface area contributed by atoms with Crippen molar-refractivity contribution in [3.8, 4) is 11.5 Å². The van der Waals surface area contributed by atoms with Crippen molar-refractivity contribution < 1.29 is 43.3 Å². The van der Waals surface area contributed by atoms with E-state index in [1.807, 2.05) is 88.4 Å². The summed E-state index contributed by atoms with van der Waals surface area (Å²) in [6.07, 6.45) is 6.78. The van der Waals surface area contributed by atoms with Crippen molar-refractivity contribution in [1.82, 2.24) is 26.6 Å². The summed E-state index contributed by atoms with van der Waals surface area (Å²) < 4.78 is 11.2. The van der Waals surface area contributed by atoms with Crippen molar-refractivity contribution in [3.63, 3.8) is 0 Å². The van der Waals surface area contributed by atoms with Crippen LogP contribution in [0.3, 0.4) is 0 Å². The van der Waals surface area contributed by atoms with E-state index >= 15 is 0 Å². The number of rotatable bonds is 19. The molecule has 396 valence electrons. The molecule has 2 aliphatic rings. The van der Waals surface area contributed by atoms with Crippen LogP contribution in [-0.4, -0.2) is 79.0 Å². The van der Waals surface area contributed by atoms with E-state index in [1.165, 1.54) is 18.7 Å². The topological polar surface area (TPSA) is 227 Å². The highest BCUT2D eigenvalue weighted by atomic mass is 35.5. The van der Waals surface area contributed by atoms with Gasteiger partial charge in [-0.15, -0.1) is 0 Å². The van der Waals surface area contributed by atoms with E-state index in [1.54, 1.807) is 37.4 Å². The molecule has 2 saturated carbocycles. The van der Waals surface area contributed by atoms with Gasteiger partial charge in [0, 0.05) is 44.2 Å². The lowest BCUT2D eigenvalue weighted by Gasteiger charge is -2.30. The highest BCUT2D eigenvalue weighted by Crippen LogP contribution is 2.34. The average Bonchev–Trinajstić information content (AvgIpc) is 3.39. The Hall–Kier alpha value is -6.16. The Labute approximate surface area is 440 Å². The number of amides is 5. The van der Waals surface area contributed by atoms with E-state index < -0.39 is 24.0 Å². The van der Waals surface area contributed by atoms with Crippen LogP contribution >= 0.6 is 23.2 Å². The molecular weight excluding hydrogens is 972 g/mol. The third kappa shape index (κ3) is 20.3. The summed E-state index contributed by atoms with van der Waals surface area (Å²) in [5.74, 6) is -0.842. The van der Waals surface area contributed by atoms with Crippen LogP contribution in [0.4, 0.5) is 0 Å². The smallest absolute Gasteiger partial charge is 0.306 e. The van der Waals surface area contributed by atoms with Crippen LogP contribution in [0, 0.1) is 23.7 Å². The van der Waals surface area contributed by atoms with Crippen molar-refractivity contribution in [2.75, 3.05) is 14.1 Å². The number of hydrogen-bond acceptors (Lipinski definition) is 9. The van der Waals surface area contributed by atoms with Gasteiger partial charge in [-0.05, 0) is 151 Å². The number of nitrogens with two attached hydrogens (primary N) is 1. The van der Waals surface area contributed by atoms with Gasteiger partial charge in [0.15, 0.2) is 0 Å².